The first-order valence-electron chi connectivity index (χ1n) is 5.90. The summed E-state index contributed by atoms with van der Waals surface area (Å²) in [4.78, 5) is 10.6. The number of anilines is 1. The van der Waals surface area contributed by atoms with Gasteiger partial charge in [0.25, 0.3) is 0 Å². The highest BCUT2D eigenvalue weighted by Crippen LogP contribution is 2.26. The lowest BCUT2D eigenvalue weighted by atomic mass is 10.2. The fraction of sp³-hybridized carbons (Fsp3) is 0.455. The number of rotatable bonds is 2. The van der Waals surface area contributed by atoms with Crippen molar-refractivity contribution in [2.24, 2.45) is 0 Å². The second kappa shape index (κ2) is 4.53. The number of hydrogen-bond donors (Lipinski definition) is 0. The molecule has 2 aromatic heterocycles. The molecule has 0 spiro atoms. The summed E-state index contributed by atoms with van der Waals surface area (Å²) in [7, 11) is 0. The molecule has 7 heteroatoms. The number of halogens is 1. The molecular weight excluding hydrogens is 252 g/mol. The minimum atomic E-state index is 0.537. The lowest BCUT2D eigenvalue weighted by Crippen LogP contribution is -2.34. The van der Waals surface area contributed by atoms with E-state index < -0.39 is 0 Å². The molecule has 3 rings (SSSR count). The van der Waals surface area contributed by atoms with Gasteiger partial charge in [0, 0.05) is 18.7 Å². The number of fused-ring (bicyclic) bond motifs is 1. The van der Waals surface area contributed by atoms with Crippen LogP contribution in [-0.2, 0) is 19.5 Å². The summed E-state index contributed by atoms with van der Waals surface area (Å²) >= 11 is 6.12. The van der Waals surface area contributed by atoms with Crippen LogP contribution >= 0.6 is 11.6 Å². The molecule has 0 saturated heterocycles. The Kier molecular flexibility index (Phi) is 2.87. The van der Waals surface area contributed by atoms with E-state index in [1.807, 2.05) is 0 Å². The van der Waals surface area contributed by atoms with Crippen molar-refractivity contribution in [3.63, 3.8) is 0 Å². The van der Waals surface area contributed by atoms with Crippen LogP contribution in [0.15, 0.2) is 12.7 Å². The summed E-state index contributed by atoms with van der Waals surface area (Å²) in [6.07, 6.45) is 4.09. The highest BCUT2D eigenvalue weighted by molar-refractivity contribution is 6.30. The zero-order chi connectivity index (χ0) is 12.5. The molecule has 0 radical (unpaired) electrons. The first kappa shape index (κ1) is 11.4. The van der Waals surface area contributed by atoms with E-state index in [9.17, 15) is 0 Å². The summed E-state index contributed by atoms with van der Waals surface area (Å²) < 4.78 is 2.06. The fourth-order valence-corrected chi connectivity index (χ4v) is 2.47. The van der Waals surface area contributed by atoms with Gasteiger partial charge in [-0.3, -0.25) is 0 Å². The maximum absolute atomic E-state index is 6.12. The van der Waals surface area contributed by atoms with E-state index in [4.69, 9.17) is 11.6 Å². The van der Waals surface area contributed by atoms with Gasteiger partial charge in [-0.15, -0.1) is 10.2 Å². The monoisotopic (exact) mass is 264 g/mol. The van der Waals surface area contributed by atoms with Gasteiger partial charge in [-0.2, -0.15) is 0 Å². The minimum absolute atomic E-state index is 0.537. The number of nitrogens with zero attached hydrogens (tertiary/aromatic N) is 6. The third kappa shape index (κ3) is 1.82. The van der Waals surface area contributed by atoms with Gasteiger partial charge >= 0.3 is 0 Å². The molecule has 0 bridgehead atoms. The van der Waals surface area contributed by atoms with Crippen molar-refractivity contribution in [3.8, 4) is 0 Å². The molecule has 3 heterocycles. The summed E-state index contributed by atoms with van der Waals surface area (Å²) in [5.41, 5.74) is 0.993. The molecule has 2 aromatic rings. The van der Waals surface area contributed by atoms with Crippen molar-refractivity contribution >= 4 is 17.4 Å². The number of hydrogen-bond acceptors (Lipinski definition) is 5. The Hall–Kier alpha value is -1.69. The molecule has 0 unspecified atom stereocenters. The third-order valence-electron chi connectivity index (χ3n) is 3.16. The van der Waals surface area contributed by atoms with Gasteiger partial charge in [-0.25, -0.2) is 9.97 Å². The van der Waals surface area contributed by atoms with Crippen molar-refractivity contribution in [2.45, 2.75) is 26.4 Å². The maximum atomic E-state index is 6.12. The molecule has 1 aliphatic heterocycles. The molecule has 0 atom stereocenters. The SMILES string of the molecule is CCc1c(Cl)ncnc1N1CCn2cnnc2C1. The molecule has 0 aliphatic carbocycles. The Labute approximate surface area is 110 Å². The summed E-state index contributed by atoms with van der Waals surface area (Å²) in [6, 6.07) is 0. The standard InChI is InChI=1S/C11H13ClN6/c1-2-8-10(12)13-6-14-11(8)17-3-4-18-7-15-16-9(18)5-17/h6-7H,2-5H2,1H3. The average molecular weight is 265 g/mol. The van der Waals surface area contributed by atoms with Crippen molar-refractivity contribution in [3.05, 3.63) is 29.2 Å². The third-order valence-corrected chi connectivity index (χ3v) is 3.49. The van der Waals surface area contributed by atoms with E-state index in [0.29, 0.717) is 11.7 Å². The highest BCUT2D eigenvalue weighted by Gasteiger charge is 2.21. The Balaban J connectivity index is 1.95. The molecule has 18 heavy (non-hydrogen) atoms. The Morgan fingerprint density at radius 2 is 2.22 bits per heavy atom. The zero-order valence-corrected chi connectivity index (χ0v) is 10.8. The van der Waals surface area contributed by atoms with Crippen LogP contribution in [0.4, 0.5) is 5.82 Å². The largest absolute Gasteiger partial charge is 0.347 e. The van der Waals surface area contributed by atoms with Crippen LogP contribution in [0.5, 0.6) is 0 Å². The molecule has 0 fully saturated rings. The predicted molar refractivity (Wildman–Crippen MR) is 67.5 cm³/mol. The number of aromatic nitrogens is 5. The van der Waals surface area contributed by atoms with Gasteiger partial charge < -0.3 is 9.47 Å². The molecule has 0 N–H and O–H groups in total. The minimum Gasteiger partial charge on any atom is -0.347 e. The first-order valence-corrected chi connectivity index (χ1v) is 6.28. The second-order valence-corrected chi connectivity index (χ2v) is 4.54. The van der Waals surface area contributed by atoms with E-state index in [1.165, 1.54) is 6.33 Å². The van der Waals surface area contributed by atoms with E-state index in [1.54, 1.807) is 6.33 Å². The normalized spacial score (nSPS) is 14.7. The molecule has 0 amide bonds. The van der Waals surface area contributed by atoms with Crippen LogP contribution in [0.1, 0.15) is 18.3 Å². The topological polar surface area (TPSA) is 59.7 Å². The quantitative estimate of drug-likeness (QED) is 0.766. The van der Waals surface area contributed by atoms with Crippen LogP contribution in [0.25, 0.3) is 0 Å². The second-order valence-electron chi connectivity index (χ2n) is 4.18. The van der Waals surface area contributed by atoms with Crippen molar-refractivity contribution in [1.29, 1.82) is 0 Å². The summed E-state index contributed by atoms with van der Waals surface area (Å²) in [5.74, 6) is 1.87. The fourth-order valence-electron chi connectivity index (χ4n) is 2.21. The molecule has 1 aliphatic rings. The molecule has 6 nitrogen and oxygen atoms in total. The van der Waals surface area contributed by atoms with Crippen LogP contribution in [0, 0.1) is 0 Å². The molecule has 94 valence electrons. The first-order chi connectivity index (χ1) is 8.79. The Bertz CT molecular complexity index is 566. The van der Waals surface area contributed by atoms with E-state index in [0.717, 1.165) is 36.7 Å². The summed E-state index contributed by atoms with van der Waals surface area (Å²) in [5, 5.41) is 8.56. The summed E-state index contributed by atoms with van der Waals surface area (Å²) in [6.45, 7) is 4.51. The zero-order valence-electron chi connectivity index (χ0n) is 10.0. The van der Waals surface area contributed by atoms with E-state index in [-0.39, 0.29) is 0 Å². The van der Waals surface area contributed by atoms with Gasteiger partial charge in [-0.05, 0) is 6.42 Å². The van der Waals surface area contributed by atoms with Crippen molar-refractivity contribution in [2.75, 3.05) is 11.4 Å². The predicted octanol–water partition coefficient (Wildman–Crippen LogP) is 1.30. The maximum Gasteiger partial charge on any atom is 0.152 e. The molecule has 0 saturated carbocycles. The van der Waals surface area contributed by atoms with Gasteiger partial charge in [0.1, 0.15) is 23.6 Å². The van der Waals surface area contributed by atoms with Crippen LogP contribution in [0.2, 0.25) is 5.15 Å². The van der Waals surface area contributed by atoms with Gasteiger partial charge in [0.15, 0.2) is 5.82 Å². The lowest BCUT2D eigenvalue weighted by molar-refractivity contribution is 0.554. The van der Waals surface area contributed by atoms with Crippen molar-refractivity contribution < 1.29 is 0 Å². The van der Waals surface area contributed by atoms with E-state index >= 15 is 0 Å². The molecular formula is C11H13ClN6. The highest BCUT2D eigenvalue weighted by atomic mass is 35.5. The van der Waals surface area contributed by atoms with Crippen LogP contribution < -0.4 is 4.90 Å². The Morgan fingerprint density at radius 3 is 3.06 bits per heavy atom. The smallest absolute Gasteiger partial charge is 0.152 e. The molecule has 0 aromatic carbocycles. The Morgan fingerprint density at radius 1 is 1.33 bits per heavy atom. The van der Waals surface area contributed by atoms with Crippen LogP contribution in [-0.4, -0.2) is 31.3 Å². The van der Waals surface area contributed by atoms with Gasteiger partial charge in [0.2, 0.25) is 0 Å². The average Bonchev–Trinajstić information content (AvgIpc) is 2.85. The lowest BCUT2D eigenvalue weighted by Gasteiger charge is -2.29. The van der Waals surface area contributed by atoms with Gasteiger partial charge in [0.05, 0.1) is 6.54 Å². The van der Waals surface area contributed by atoms with Crippen molar-refractivity contribution in [1.82, 2.24) is 24.7 Å². The van der Waals surface area contributed by atoms with E-state index in [2.05, 4.69) is 36.6 Å². The van der Waals surface area contributed by atoms with Gasteiger partial charge in [-0.1, -0.05) is 18.5 Å². The van der Waals surface area contributed by atoms with Crippen LogP contribution in [0.3, 0.4) is 0 Å².